The number of benzene rings is 2. The quantitative estimate of drug-likeness (QED) is 0.442. The highest BCUT2D eigenvalue weighted by Crippen LogP contribution is 2.76. The molecule has 2 aromatic rings. The van der Waals surface area contributed by atoms with Crippen molar-refractivity contribution in [3.8, 4) is 0 Å². The number of rotatable bonds is 1. The van der Waals surface area contributed by atoms with E-state index in [-0.39, 0.29) is 18.8 Å². The fourth-order valence-electron chi connectivity index (χ4n) is 5.53. The van der Waals surface area contributed by atoms with E-state index in [1.54, 1.807) is 22.3 Å². The highest BCUT2D eigenvalue weighted by Gasteiger charge is 2.56. The molecule has 1 aliphatic heterocycles. The number of hydrogen-bond acceptors (Lipinski definition) is 0. The largest absolute Gasteiger partial charge is 0.0883 e. The maximum atomic E-state index is 2.58. The second-order valence-corrected chi connectivity index (χ2v) is 14.1. The molecule has 0 bridgehead atoms. The minimum absolute atomic E-state index is 0.118. The average molecular weight is 379 g/mol. The summed E-state index contributed by atoms with van der Waals surface area (Å²) in [6, 6.07) is 18.7. The van der Waals surface area contributed by atoms with Crippen LogP contribution in [0.4, 0.5) is 0 Å². The Morgan fingerprint density at radius 3 is 1.96 bits per heavy atom. The molecule has 27 heavy (non-hydrogen) atoms. The molecule has 0 nitrogen and oxygen atoms in total. The van der Waals surface area contributed by atoms with E-state index in [1.165, 1.54) is 12.6 Å². The van der Waals surface area contributed by atoms with Crippen molar-refractivity contribution < 1.29 is 0 Å². The average Bonchev–Trinajstić information content (AvgIpc) is 3.09. The Balaban J connectivity index is 1.94. The van der Waals surface area contributed by atoms with Crippen LogP contribution in [-0.4, -0.2) is 5.16 Å². The van der Waals surface area contributed by atoms with E-state index in [2.05, 4.69) is 97.0 Å². The van der Waals surface area contributed by atoms with Crippen LogP contribution in [0.2, 0.25) is 0 Å². The fourth-order valence-corrected chi connectivity index (χ4v) is 9.13. The molecule has 0 saturated carbocycles. The molecule has 4 atom stereocenters. The third-order valence-corrected chi connectivity index (χ3v) is 11.2. The normalized spacial score (nSPS) is 30.3. The first-order valence-electron chi connectivity index (χ1n) is 10.5. The molecule has 0 spiro atoms. The summed E-state index contributed by atoms with van der Waals surface area (Å²) in [5, 5.41) is 0.370. The number of fused-ring (bicyclic) bond motifs is 2. The molecule has 144 valence electrons. The van der Waals surface area contributed by atoms with Gasteiger partial charge in [-0.1, -0.05) is 105 Å². The second kappa shape index (κ2) is 6.18. The molecular weight excluding hydrogens is 343 g/mol. The number of hydrogen-bond donors (Lipinski definition) is 0. The molecule has 1 heteroatoms. The Hall–Kier alpha value is -1.13. The van der Waals surface area contributed by atoms with Gasteiger partial charge in [0.05, 0.1) is 0 Å². The zero-order valence-electron chi connectivity index (χ0n) is 18.1. The van der Waals surface area contributed by atoms with Crippen LogP contribution in [0.15, 0.2) is 48.5 Å². The lowest BCUT2D eigenvalue weighted by Gasteiger charge is -2.49. The zero-order chi connectivity index (χ0) is 19.6. The molecule has 2 aromatic carbocycles. The summed E-state index contributed by atoms with van der Waals surface area (Å²) in [4.78, 5) is 0. The van der Waals surface area contributed by atoms with Crippen LogP contribution in [0.5, 0.6) is 0 Å². The lowest BCUT2D eigenvalue weighted by Crippen LogP contribution is -2.39. The van der Waals surface area contributed by atoms with Crippen LogP contribution in [0, 0.1) is 10.8 Å². The highest BCUT2D eigenvalue weighted by atomic mass is 31.1. The van der Waals surface area contributed by atoms with Gasteiger partial charge in [-0.2, -0.15) is 0 Å². The monoisotopic (exact) mass is 378 g/mol. The Morgan fingerprint density at radius 2 is 1.37 bits per heavy atom. The summed E-state index contributed by atoms with van der Waals surface area (Å²) in [6.07, 6.45) is 2.50. The van der Waals surface area contributed by atoms with Crippen molar-refractivity contribution in [3.05, 3.63) is 70.8 Å². The van der Waals surface area contributed by atoms with Crippen molar-refractivity contribution in [3.63, 3.8) is 0 Å². The van der Waals surface area contributed by atoms with E-state index in [0.29, 0.717) is 16.7 Å². The van der Waals surface area contributed by atoms with E-state index in [4.69, 9.17) is 0 Å². The zero-order valence-corrected chi connectivity index (χ0v) is 19.0. The van der Waals surface area contributed by atoms with Crippen molar-refractivity contribution in [1.29, 1.82) is 0 Å². The lowest BCUT2D eigenvalue weighted by atomic mass is 9.60. The third-order valence-electron chi connectivity index (χ3n) is 7.58. The summed E-state index contributed by atoms with van der Waals surface area (Å²) in [6.45, 7) is 17.4. The summed E-state index contributed by atoms with van der Waals surface area (Å²) in [5.74, 6) is 0.614. The van der Waals surface area contributed by atoms with Gasteiger partial charge >= 0.3 is 0 Å². The molecule has 0 aromatic heterocycles. The van der Waals surface area contributed by atoms with Crippen molar-refractivity contribution >= 4 is 7.92 Å². The molecular formula is C26H35P. The molecule has 0 N–H and O–H groups in total. The van der Waals surface area contributed by atoms with Crippen molar-refractivity contribution in [2.75, 3.05) is 0 Å². The smallest absolute Gasteiger partial charge is 0.0127 e. The van der Waals surface area contributed by atoms with Crippen LogP contribution in [0.1, 0.15) is 82.3 Å². The third kappa shape index (κ3) is 2.91. The van der Waals surface area contributed by atoms with Gasteiger partial charge in [0.15, 0.2) is 0 Å². The van der Waals surface area contributed by atoms with Crippen LogP contribution < -0.4 is 0 Å². The maximum Gasteiger partial charge on any atom is 0.0127 e. The van der Waals surface area contributed by atoms with E-state index in [0.717, 1.165) is 0 Å². The molecule has 2 aliphatic rings. The van der Waals surface area contributed by atoms with Crippen molar-refractivity contribution in [1.82, 2.24) is 0 Å². The van der Waals surface area contributed by atoms with Gasteiger partial charge < -0.3 is 0 Å². The molecule has 4 rings (SSSR count). The summed E-state index contributed by atoms with van der Waals surface area (Å²) < 4.78 is 0. The maximum absolute atomic E-state index is 2.58. The van der Waals surface area contributed by atoms with Gasteiger partial charge in [-0.3, -0.25) is 0 Å². The van der Waals surface area contributed by atoms with Crippen molar-refractivity contribution in [2.24, 2.45) is 10.8 Å². The van der Waals surface area contributed by atoms with Gasteiger partial charge in [-0.15, -0.1) is 0 Å². The predicted molar refractivity (Wildman–Crippen MR) is 120 cm³/mol. The minimum Gasteiger partial charge on any atom is -0.0883 e. The van der Waals surface area contributed by atoms with Crippen molar-refractivity contribution in [2.45, 2.75) is 77.8 Å². The van der Waals surface area contributed by atoms with Crippen LogP contribution in [-0.2, 0) is 12.6 Å². The SMILES string of the molecule is CC(C)(C)[P@@]1Cc2ccccc2[C@@H]1[C@H]1c2ccccc2C[C@]1(C)C(C)(C)C. The Morgan fingerprint density at radius 1 is 0.815 bits per heavy atom. The van der Waals surface area contributed by atoms with Gasteiger partial charge in [-0.05, 0) is 50.8 Å². The topological polar surface area (TPSA) is 0 Å². The van der Waals surface area contributed by atoms with Gasteiger partial charge in [0.25, 0.3) is 0 Å². The minimum atomic E-state index is -0.118. The molecule has 0 radical (unpaired) electrons. The molecule has 0 unspecified atom stereocenters. The lowest BCUT2D eigenvalue weighted by molar-refractivity contribution is 0.0845. The van der Waals surface area contributed by atoms with E-state index >= 15 is 0 Å². The molecule has 0 fully saturated rings. The predicted octanol–water partition coefficient (Wildman–Crippen LogP) is 7.91. The molecule has 0 saturated heterocycles. The first-order chi connectivity index (χ1) is 12.5. The summed E-state index contributed by atoms with van der Waals surface area (Å²) >= 11 is 0. The van der Waals surface area contributed by atoms with Crippen LogP contribution in [0.25, 0.3) is 0 Å². The Labute approximate surface area is 167 Å². The second-order valence-electron chi connectivity index (χ2n) is 11.0. The van der Waals surface area contributed by atoms with Gasteiger partial charge in [0, 0.05) is 11.6 Å². The van der Waals surface area contributed by atoms with Crippen LogP contribution >= 0.6 is 7.92 Å². The van der Waals surface area contributed by atoms with Gasteiger partial charge in [0.2, 0.25) is 0 Å². The molecule has 1 heterocycles. The molecule has 1 aliphatic carbocycles. The molecule has 0 amide bonds. The Bertz CT molecular complexity index is 851. The fraction of sp³-hybridized carbons (Fsp3) is 0.538. The first kappa shape index (κ1) is 19.2. The van der Waals surface area contributed by atoms with Gasteiger partial charge in [-0.25, -0.2) is 0 Å². The van der Waals surface area contributed by atoms with Gasteiger partial charge in [0.1, 0.15) is 0 Å². The summed E-state index contributed by atoms with van der Waals surface area (Å²) in [5.41, 5.74) is 7.71. The Kier molecular flexibility index (Phi) is 4.40. The van der Waals surface area contributed by atoms with E-state index in [1.807, 2.05) is 0 Å². The standard InChI is InChI=1S/C26H35P/c1-24(2,3)26(7)16-18-12-8-10-14-20(18)22(26)23-21-15-11-9-13-19(21)17-27(23)25(4,5)6/h8-15,22-23H,16-17H2,1-7H3/t22-,23-,26+,27+/m1/s1. The van der Waals surface area contributed by atoms with Crippen LogP contribution in [0.3, 0.4) is 0 Å². The first-order valence-corrected chi connectivity index (χ1v) is 12.1. The summed E-state index contributed by atoms with van der Waals surface area (Å²) in [7, 11) is -0.118. The van der Waals surface area contributed by atoms with E-state index < -0.39 is 0 Å². The highest BCUT2D eigenvalue weighted by molar-refractivity contribution is 7.59. The van der Waals surface area contributed by atoms with E-state index in [9.17, 15) is 0 Å².